The molecule has 0 saturated heterocycles. The van der Waals surface area contributed by atoms with Crippen molar-refractivity contribution in [3.05, 3.63) is 65.6 Å². The number of H-pyrrole nitrogens is 1. The third-order valence-electron chi connectivity index (χ3n) is 3.26. The number of nitrogens with one attached hydrogen (secondary N) is 1. The molecular formula is C16H14FNO. The number of aromatic amines is 1. The molecule has 0 saturated carbocycles. The van der Waals surface area contributed by atoms with Crippen LogP contribution in [0.5, 0.6) is 5.75 Å². The van der Waals surface area contributed by atoms with Gasteiger partial charge in [0, 0.05) is 17.1 Å². The summed E-state index contributed by atoms with van der Waals surface area (Å²) in [5.41, 5.74) is 3.16. The Balaban J connectivity index is 1.96. The normalized spacial score (nSPS) is 10.8. The van der Waals surface area contributed by atoms with Crippen molar-refractivity contribution in [3.63, 3.8) is 0 Å². The van der Waals surface area contributed by atoms with Crippen molar-refractivity contribution in [1.29, 1.82) is 0 Å². The van der Waals surface area contributed by atoms with Crippen molar-refractivity contribution in [2.75, 3.05) is 7.11 Å². The number of ether oxygens (including phenoxy) is 1. The minimum absolute atomic E-state index is 0.220. The molecule has 1 N–H and O–H groups in total. The van der Waals surface area contributed by atoms with Gasteiger partial charge in [-0.1, -0.05) is 12.1 Å². The second kappa shape index (κ2) is 4.76. The van der Waals surface area contributed by atoms with Gasteiger partial charge in [0.05, 0.1) is 7.11 Å². The lowest BCUT2D eigenvalue weighted by Gasteiger charge is -2.04. The van der Waals surface area contributed by atoms with E-state index < -0.39 is 0 Å². The largest absolute Gasteiger partial charge is 0.497 e. The van der Waals surface area contributed by atoms with Crippen LogP contribution >= 0.6 is 0 Å². The van der Waals surface area contributed by atoms with Gasteiger partial charge in [-0.3, -0.25) is 0 Å². The zero-order chi connectivity index (χ0) is 13.2. The minimum atomic E-state index is -0.220. The molecule has 0 unspecified atom stereocenters. The molecular weight excluding hydrogens is 241 g/mol. The van der Waals surface area contributed by atoms with E-state index in [1.165, 1.54) is 17.7 Å². The molecule has 2 aromatic carbocycles. The van der Waals surface area contributed by atoms with Crippen molar-refractivity contribution in [1.82, 2.24) is 4.98 Å². The van der Waals surface area contributed by atoms with Gasteiger partial charge in [0.1, 0.15) is 11.6 Å². The zero-order valence-corrected chi connectivity index (χ0v) is 10.6. The molecule has 0 radical (unpaired) electrons. The number of hydrogen-bond donors (Lipinski definition) is 1. The Bertz CT molecular complexity index is 718. The molecule has 1 heterocycles. The third-order valence-corrected chi connectivity index (χ3v) is 3.26. The van der Waals surface area contributed by atoms with E-state index in [0.717, 1.165) is 28.6 Å². The molecule has 0 aliphatic heterocycles. The van der Waals surface area contributed by atoms with Crippen molar-refractivity contribution in [2.24, 2.45) is 0 Å². The Morgan fingerprint density at radius 1 is 1.16 bits per heavy atom. The Morgan fingerprint density at radius 2 is 2.05 bits per heavy atom. The number of halogens is 1. The first-order chi connectivity index (χ1) is 9.26. The van der Waals surface area contributed by atoms with E-state index in [-0.39, 0.29) is 5.82 Å². The van der Waals surface area contributed by atoms with Gasteiger partial charge >= 0.3 is 0 Å². The Hall–Kier alpha value is -2.29. The van der Waals surface area contributed by atoms with Gasteiger partial charge in [-0.05, 0) is 47.9 Å². The van der Waals surface area contributed by atoms with Crippen molar-refractivity contribution < 1.29 is 9.13 Å². The molecule has 3 rings (SSSR count). The lowest BCUT2D eigenvalue weighted by atomic mass is 10.0. The van der Waals surface area contributed by atoms with E-state index in [4.69, 9.17) is 4.74 Å². The molecule has 96 valence electrons. The molecule has 1 aromatic heterocycles. The molecule has 3 heteroatoms. The first kappa shape index (κ1) is 11.8. The lowest BCUT2D eigenvalue weighted by Crippen LogP contribution is -1.89. The Kier molecular flexibility index (Phi) is 2.95. The van der Waals surface area contributed by atoms with E-state index in [1.54, 1.807) is 7.11 Å². The summed E-state index contributed by atoms with van der Waals surface area (Å²) in [7, 11) is 1.66. The number of rotatable bonds is 3. The van der Waals surface area contributed by atoms with Crippen LogP contribution in [0.1, 0.15) is 11.1 Å². The topological polar surface area (TPSA) is 25.0 Å². The van der Waals surface area contributed by atoms with Crippen LogP contribution < -0.4 is 4.74 Å². The summed E-state index contributed by atoms with van der Waals surface area (Å²) < 4.78 is 18.4. The van der Waals surface area contributed by atoms with Crippen LogP contribution in [0.15, 0.2) is 48.7 Å². The predicted octanol–water partition coefficient (Wildman–Crippen LogP) is 3.91. The molecule has 3 aromatic rings. The molecule has 0 fully saturated rings. The van der Waals surface area contributed by atoms with E-state index in [0.29, 0.717) is 0 Å². The summed E-state index contributed by atoms with van der Waals surface area (Å²) in [6.07, 6.45) is 2.73. The average molecular weight is 255 g/mol. The molecule has 0 atom stereocenters. The fraction of sp³-hybridized carbons (Fsp3) is 0.125. The molecule has 0 aliphatic rings. The van der Waals surface area contributed by atoms with E-state index >= 15 is 0 Å². The second-order valence-electron chi connectivity index (χ2n) is 4.53. The summed E-state index contributed by atoms with van der Waals surface area (Å²) in [6.45, 7) is 0. The van der Waals surface area contributed by atoms with E-state index in [2.05, 4.69) is 11.1 Å². The van der Waals surface area contributed by atoms with Gasteiger partial charge < -0.3 is 9.72 Å². The zero-order valence-electron chi connectivity index (χ0n) is 10.6. The Labute approximate surface area is 110 Å². The van der Waals surface area contributed by atoms with Gasteiger partial charge in [0.25, 0.3) is 0 Å². The van der Waals surface area contributed by atoms with Crippen molar-refractivity contribution in [2.45, 2.75) is 6.42 Å². The maximum absolute atomic E-state index is 13.1. The first-order valence-corrected chi connectivity index (χ1v) is 6.15. The third kappa shape index (κ3) is 2.32. The van der Waals surface area contributed by atoms with Crippen LogP contribution in [0.2, 0.25) is 0 Å². The number of aromatic nitrogens is 1. The molecule has 0 amide bonds. The summed E-state index contributed by atoms with van der Waals surface area (Å²) in [5.74, 6) is 0.630. The lowest BCUT2D eigenvalue weighted by molar-refractivity contribution is 0.414. The number of methoxy groups -OCH3 is 1. The standard InChI is InChI=1S/C16H14FNO/c1-19-14-4-2-3-11(8-14)7-12-10-18-16-9-13(17)5-6-15(12)16/h2-6,8-10,18H,7H2,1H3. The van der Waals surface area contributed by atoms with Gasteiger partial charge in [0.15, 0.2) is 0 Å². The number of fused-ring (bicyclic) bond motifs is 1. The minimum Gasteiger partial charge on any atom is -0.497 e. The summed E-state index contributed by atoms with van der Waals surface area (Å²) in [6, 6.07) is 12.8. The smallest absolute Gasteiger partial charge is 0.125 e. The first-order valence-electron chi connectivity index (χ1n) is 6.15. The molecule has 0 spiro atoms. The highest BCUT2D eigenvalue weighted by Gasteiger charge is 2.06. The second-order valence-corrected chi connectivity index (χ2v) is 4.53. The van der Waals surface area contributed by atoms with E-state index in [9.17, 15) is 4.39 Å². The molecule has 0 aliphatic carbocycles. The quantitative estimate of drug-likeness (QED) is 0.754. The van der Waals surface area contributed by atoms with Crippen LogP contribution in [0.3, 0.4) is 0 Å². The fourth-order valence-corrected chi connectivity index (χ4v) is 2.31. The van der Waals surface area contributed by atoms with Crippen LogP contribution in [-0.4, -0.2) is 12.1 Å². The highest BCUT2D eigenvalue weighted by Crippen LogP contribution is 2.23. The molecule has 2 nitrogen and oxygen atoms in total. The summed E-state index contributed by atoms with van der Waals surface area (Å²) in [5, 5.41) is 1.06. The predicted molar refractivity (Wildman–Crippen MR) is 74.1 cm³/mol. The maximum atomic E-state index is 13.1. The highest BCUT2D eigenvalue weighted by molar-refractivity contribution is 5.83. The van der Waals surface area contributed by atoms with Crippen molar-refractivity contribution in [3.8, 4) is 5.75 Å². The van der Waals surface area contributed by atoms with Crippen LogP contribution in [-0.2, 0) is 6.42 Å². The number of benzene rings is 2. The van der Waals surface area contributed by atoms with Crippen LogP contribution in [0, 0.1) is 5.82 Å². The van der Waals surface area contributed by atoms with Crippen molar-refractivity contribution >= 4 is 10.9 Å². The molecule has 19 heavy (non-hydrogen) atoms. The monoisotopic (exact) mass is 255 g/mol. The fourth-order valence-electron chi connectivity index (χ4n) is 2.31. The Morgan fingerprint density at radius 3 is 2.89 bits per heavy atom. The summed E-state index contributed by atoms with van der Waals surface area (Å²) >= 11 is 0. The van der Waals surface area contributed by atoms with Gasteiger partial charge in [-0.25, -0.2) is 4.39 Å². The van der Waals surface area contributed by atoms with Crippen LogP contribution in [0.25, 0.3) is 10.9 Å². The molecule has 0 bridgehead atoms. The van der Waals surface area contributed by atoms with Gasteiger partial charge in [-0.2, -0.15) is 0 Å². The van der Waals surface area contributed by atoms with Crippen LogP contribution in [0.4, 0.5) is 4.39 Å². The van der Waals surface area contributed by atoms with E-state index in [1.807, 2.05) is 30.5 Å². The summed E-state index contributed by atoms with van der Waals surface area (Å²) in [4.78, 5) is 3.11. The maximum Gasteiger partial charge on any atom is 0.125 e. The van der Waals surface area contributed by atoms with Gasteiger partial charge in [0.2, 0.25) is 0 Å². The SMILES string of the molecule is COc1cccc(Cc2c[nH]c3cc(F)ccc23)c1. The number of hydrogen-bond acceptors (Lipinski definition) is 1. The van der Waals surface area contributed by atoms with Gasteiger partial charge in [-0.15, -0.1) is 0 Å². The average Bonchev–Trinajstić information content (AvgIpc) is 2.81. The highest BCUT2D eigenvalue weighted by atomic mass is 19.1.